The average Bonchev–Trinajstić information content (AvgIpc) is 3.11. The minimum atomic E-state index is -1.03. The van der Waals surface area contributed by atoms with Crippen LogP contribution in [0, 0.1) is 13.8 Å². The predicted octanol–water partition coefficient (Wildman–Crippen LogP) is 5.42. The van der Waals surface area contributed by atoms with Gasteiger partial charge in [0.1, 0.15) is 12.2 Å². The van der Waals surface area contributed by atoms with Gasteiger partial charge in [-0.2, -0.15) is 0 Å². The van der Waals surface area contributed by atoms with E-state index in [2.05, 4.69) is 0 Å². The molecule has 35 heavy (non-hydrogen) atoms. The molecule has 1 N–H and O–H groups in total. The summed E-state index contributed by atoms with van der Waals surface area (Å²) in [7, 11) is 0. The number of fused-ring (bicyclic) bond motifs is 2. The maximum Gasteiger partial charge on any atom is 0.338 e. The Kier molecular flexibility index (Phi) is 7.87. The van der Waals surface area contributed by atoms with Gasteiger partial charge in [-0.1, -0.05) is 54.1 Å². The molecule has 2 aromatic rings. The second kappa shape index (κ2) is 10.9. The molecule has 0 spiro atoms. The first kappa shape index (κ1) is 25.3. The van der Waals surface area contributed by atoms with Crippen LogP contribution >= 0.6 is 0 Å². The summed E-state index contributed by atoms with van der Waals surface area (Å²) in [6, 6.07) is 13.0. The topological polar surface area (TPSA) is 74.2 Å². The van der Waals surface area contributed by atoms with Gasteiger partial charge in [0.15, 0.2) is 12.1 Å². The zero-order chi connectivity index (χ0) is 25.0. The van der Waals surface area contributed by atoms with Gasteiger partial charge in [0.2, 0.25) is 0 Å². The molecule has 4 rings (SSSR count). The van der Waals surface area contributed by atoms with E-state index in [1.165, 1.54) is 0 Å². The molecule has 4 atom stereocenters. The van der Waals surface area contributed by atoms with Crippen molar-refractivity contribution in [3.63, 3.8) is 0 Å². The van der Waals surface area contributed by atoms with Crippen molar-refractivity contribution in [3.05, 3.63) is 88.5 Å². The van der Waals surface area contributed by atoms with Gasteiger partial charge in [-0.15, -0.1) is 0 Å². The number of aliphatic hydroxyl groups excluding tert-OH is 1. The first-order valence-electron chi connectivity index (χ1n) is 12.1. The monoisotopic (exact) mass is 478 g/mol. The standard InChI is InChI=1S/C29H34O6/c1-19-17-20(2)25-22(18-19)13-10-15-24-26(35-29(3,4)34-24)23(14-8-9-16-32-28(25)31)33-27(30)21-11-6-5-7-12-21/h5-8,10-14,17-18,23-24,26,28,31H,9,15-16H2,1-4H3/b13-10+,14-8-/t23?,24-,26?,28?/m1/s1. The summed E-state index contributed by atoms with van der Waals surface area (Å²) < 4.78 is 24.1. The molecule has 0 radical (unpaired) electrons. The van der Waals surface area contributed by atoms with Crippen molar-refractivity contribution >= 4 is 12.0 Å². The number of hydrogen-bond acceptors (Lipinski definition) is 6. The summed E-state index contributed by atoms with van der Waals surface area (Å²) in [5.74, 6) is -1.23. The second-order valence-corrected chi connectivity index (χ2v) is 9.54. The molecular formula is C29H34O6. The first-order chi connectivity index (χ1) is 16.7. The van der Waals surface area contributed by atoms with Gasteiger partial charge in [0.05, 0.1) is 18.3 Å². The van der Waals surface area contributed by atoms with E-state index >= 15 is 0 Å². The number of carbonyl (C=O) groups is 1. The van der Waals surface area contributed by atoms with Crippen molar-refractivity contribution in [2.45, 2.75) is 70.9 Å². The number of esters is 1. The molecule has 2 heterocycles. The van der Waals surface area contributed by atoms with E-state index in [4.69, 9.17) is 18.9 Å². The predicted molar refractivity (Wildman–Crippen MR) is 134 cm³/mol. The zero-order valence-electron chi connectivity index (χ0n) is 20.8. The highest BCUT2D eigenvalue weighted by Crippen LogP contribution is 2.34. The van der Waals surface area contributed by atoms with Crippen molar-refractivity contribution < 1.29 is 28.8 Å². The van der Waals surface area contributed by atoms with Crippen LogP contribution in [0.1, 0.15) is 65.6 Å². The maximum atomic E-state index is 12.9. The van der Waals surface area contributed by atoms with E-state index in [0.29, 0.717) is 25.0 Å². The molecule has 2 aliphatic rings. The fourth-order valence-electron chi connectivity index (χ4n) is 4.68. The third-order valence-electron chi connectivity index (χ3n) is 6.16. The van der Waals surface area contributed by atoms with Crippen molar-refractivity contribution in [1.29, 1.82) is 0 Å². The van der Waals surface area contributed by atoms with Crippen LogP contribution in [0.25, 0.3) is 6.08 Å². The van der Waals surface area contributed by atoms with Crippen molar-refractivity contribution in [3.8, 4) is 0 Å². The molecule has 1 saturated heterocycles. The number of aliphatic hydroxyl groups is 1. The Labute approximate surface area is 207 Å². The quantitative estimate of drug-likeness (QED) is 0.459. The minimum Gasteiger partial charge on any atom is -0.452 e. The lowest BCUT2D eigenvalue weighted by Gasteiger charge is -2.24. The molecule has 1 fully saturated rings. The number of hydrogen-bond donors (Lipinski definition) is 1. The van der Waals surface area contributed by atoms with E-state index in [1.54, 1.807) is 24.3 Å². The van der Waals surface area contributed by atoms with Gasteiger partial charge in [0, 0.05) is 5.56 Å². The van der Waals surface area contributed by atoms with E-state index in [0.717, 1.165) is 22.3 Å². The van der Waals surface area contributed by atoms with Gasteiger partial charge in [-0.3, -0.25) is 0 Å². The van der Waals surface area contributed by atoms with Gasteiger partial charge in [-0.05, 0) is 69.9 Å². The van der Waals surface area contributed by atoms with Crippen LogP contribution in [0.15, 0.2) is 60.7 Å². The third-order valence-corrected chi connectivity index (χ3v) is 6.16. The molecule has 186 valence electrons. The number of rotatable bonds is 2. The van der Waals surface area contributed by atoms with Crippen LogP contribution in [0.3, 0.4) is 0 Å². The summed E-state index contributed by atoms with van der Waals surface area (Å²) >= 11 is 0. The highest BCUT2D eigenvalue weighted by Gasteiger charge is 2.45. The molecule has 0 amide bonds. The number of aryl methyl sites for hydroxylation is 2. The van der Waals surface area contributed by atoms with Crippen LogP contribution in [-0.2, 0) is 18.9 Å². The van der Waals surface area contributed by atoms with Gasteiger partial charge in [-0.25, -0.2) is 4.79 Å². The van der Waals surface area contributed by atoms with Crippen LogP contribution < -0.4 is 0 Å². The van der Waals surface area contributed by atoms with E-state index < -0.39 is 30.3 Å². The molecule has 2 aromatic carbocycles. The maximum absolute atomic E-state index is 12.9. The molecule has 3 unspecified atom stereocenters. The van der Waals surface area contributed by atoms with E-state index in [-0.39, 0.29) is 6.10 Å². The highest BCUT2D eigenvalue weighted by molar-refractivity contribution is 5.89. The largest absolute Gasteiger partial charge is 0.452 e. The Balaban J connectivity index is 1.64. The summed E-state index contributed by atoms with van der Waals surface area (Å²) in [6.45, 7) is 8.05. The second-order valence-electron chi connectivity index (χ2n) is 9.54. The molecule has 0 aromatic heterocycles. The number of ether oxygens (including phenoxy) is 4. The molecule has 6 nitrogen and oxygen atoms in total. The molecule has 0 saturated carbocycles. The normalized spacial score (nSPS) is 28.3. The van der Waals surface area contributed by atoms with Crippen LogP contribution in [0.5, 0.6) is 0 Å². The fourth-order valence-corrected chi connectivity index (χ4v) is 4.68. The average molecular weight is 479 g/mol. The first-order valence-corrected chi connectivity index (χ1v) is 12.1. The lowest BCUT2D eigenvalue weighted by Crippen LogP contribution is -2.37. The lowest BCUT2D eigenvalue weighted by molar-refractivity contribution is -0.152. The Morgan fingerprint density at radius 2 is 1.86 bits per heavy atom. The summed E-state index contributed by atoms with van der Waals surface area (Å²) in [5.41, 5.74) is 4.23. The van der Waals surface area contributed by atoms with Gasteiger partial charge in [0.25, 0.3) is 0 Å². The summed E-state index contributed by atoms with van der Waals surface area (Å²) in [5, 5.41) is 10.8. The van der Waals surface area contributed by atoms with Gasteiger partial charge < -0.3 is 24.1 Å². The number of benzene rings is 2. The third kappa shape index (κ3) is 6.27. The Bertz CT molecular complexity index is 1090. The fraction of sp³-hybridized carbons (Fsp3) is 0.414. The molecular weight excluding hydrogens is 444 g/mol. The molecule has 0 aliphatic carbocycles. The van der Waals surface area contributed by atoms with Crippen LogP contribution in [-0.4, -0.2) is 41.8 Å². The van der Waals surface area contributed by atoms with E-state index in [1.807, 2.05) is 70.2 Å². The molecule has 2 aliphatic heterocycles. The van der Waals surface area contributed by atoms with E-state index in [9.17, 15) is 9.90 Å². The summed E-state index contributed by atoms with van der Waals surface area (Å²) in [4.78, 5) is 12.9. The zero-order valence-corrected chi connectivity index (χ0v) is 20.8. The van der Waals surface area contributed by atoms with Crippen LogP contribution in [0.2, 0.25) is 0 Å². The SMILES string of the molecule is Cc1cc(C)c2c(c1)/C=C/C[C@H]1OC(C)(C)OC1C(OC(=O)c1ccccc1)/C=C\CCOC2O. The van der Waals surface area contributed by atoms with Crippen LogP contribution in [0.4, 0.5) is 0 Å². The van der Waals surface area contributed by atoms with Crippen molar-refractivity contribution in [1.82, 2.24) is 0 Å². The Morgan fingerprint density at radius 3 is 2.63 bits per heavy atom. The number of carbonyl (C=O) groups excluding carboxylic acids is 1. The van der Waals surface area contributed by atoms with Crippen molar-refractivity contribution in [2.24, 2.45) is 0 Å². The lowest BCUT2D eigenvalue weighted by atomic mass is 9.97. The Hall–Kier alpha value is -2.77. The smallest absolute Gasteiger partial charge is 0.338 e. The van der Waals surface area contributed by atoms with Crippen molar-refractivity contribution in [2.75, 3.05) is 6.61 Å². The Morgan fingerprint density at radius 1 is 1.09 bits per heavy atom. The minimum absolute atomic E-state index is 0.310. The highest BCUT2D eigenvalue weighted by atomic mass is 16.8. The summed E-state index contributed by atoms with van der Waals surface area (Å²) in [6.07, 6.45) is 6.33. The molecule has 0 bridgehead atoms. The van der Waals surface area contributed by atoms with Gasteiger partial charge >= 0.3 is 5.97 Å². The molecule has 6 heteroatoms.